The molecule has 0 radical (unpaired) electrons. The third-order valence-electron chi connectivity index (χ3n) is 6.85. The first kappa shape index (κ1) is 13.5. The van der Waals surface area contributed by atoms with Crippen LogP contribution in [0.25, 0.3) is 0 Å². The molecule has 0 aromatic carbocycles. The predicted molar refractivity (Wildman–Crippen MR) is 80.5 cm³/mol. The van der Waals surface area contributed by atoms with Crippen molar-refractivity contribution in [2.75, 3.05) is 26.2 Å². The highest BCUT2D eigenvalue weighted by atomic mass is 16.5. The zero-order chi connectivity index (χ0) is 14.8. The molecule has 4 aliphatic rings. The maximum absolute atomic E-state index is 6.22. The van der Waals surface area contributed by atoms with E-state index in [-0.39, 0.29) is 5.60 Å². The van der Waals surface area contributed by atoms with Crippen LogP contribution in [0.3, 0.4) is 0 Å². The first-order valence-corrected chi connectivity index (χ1v) is 8.87. The molecule has 0 N–H and O–H groups in total. The van der Waals surface area contributed by atoms with Crippen molar-refractivity contribution in [3.05, 3.63) is 11.7 Å². The van der Waals surface area contributed by atoms with Gasteiger partial charge in [-0.3, -0.25) is 0 Å². The van der Waals surface area contributed by atoms with Crippen LogP contribution in [0.15, 0.2) is 4.52 Å². The van der Waals surface area contributed by atoms with Gasteiger partial charge in [0, 0.05) is 17.9 Å². The van der Waals surface area contributed by atoms with E-state index in [0.29, 0.717) is 11.3 Å². The molecule has 4 fully saturated rings. The van der Waals surface area contributed by atoms with Crippen LogP contribution in [0.1, 0.15) is 56.2 Å². The van der Waals surface area contributed by atoms with Crippen LogP contribution in [-0.4, -0.2) is 46.9 Å². The Labute approximate surface area is 131 Å². The van der Waals surface area contributed by atoms with E-state index in [1.807, 2.05) is 6.92 Å². The third-order valence-corrected chi connectivity index (χ3v) is 6.85. The topological polar surface area (TPSA) is 51.4 Å². The second-order valence-corrected chi connectivity index (χ2v) is 7.95. The van der Waals surface area contributed by atoms with Gasteiger partial charge in [-0.05, 0) is 64.5 Å². The summed E-state index contributed by atoms with van der Waals surface area (Å²) >= 11 is 0. The molecule has 1 spiro atoms. The Kier molecular flexibility index (Phi) is 2.79. The number of aryl methyl sites for hydroxylation is 1. The fourth-order valence-corrected chi connectivity index (χ4v) is 5.25. The molecule has 0 bridgehead atoms. The van der Waals surface area contributed by atoms with Gasteiger partial charge in [-0.15, -0.1) is 0 Å². The van der Waals surface area contributed by atoms with E-state index in [2.05, 4.69) is 15.0 Å². The second-order valence-electron chi connectivity index (χ2n) is 7.95. The smallest absolute Gasteiger partial charge is 0.229 e. The Hall–Kier alpha value is -0.940. The lowest BCUT2D eigenvalue weighted by molar-refractivity contribution is -0.117. The van der Waals surface area contributed by atoms with Gasteiger partial charge in [0.25, 0.3) is 0 Å². The van der Waals surface area contributed by atoms with Crippen LogP contribution in [0, 0.1) is 18.3 Å². The van der Waals surface area contributed by atoms with E-state index < -0.39 is 0 Å². The van der Waals surface area contributed by atoms with Crippen molar-refractivity contribution in [1.29, 1.82) is 0 Å². The molecule has 1 aromatic rings. The van der Waals surface area contributed by atoms with Crippen LogP contribution in [-0.2, 0) is 4.74 Å². The lowest BCUT2D eigenvalue weighted by atomic mass is 9.68. The fraction of sp³-hybridized carbons (Fsp3) is 0.882. The number of likely N-dealkylation sites (tertiary alicyclic amines) is 1. The van der Waals surface area contributed by atoms with E-state index in [1.165, 1.54) is 32.2 Å². The Morgan fingerprint density at radius 3 is 2.68 bits per heavy atom. The van der Waals surface area contributed by atoms with Crippen LogP contribution >= 0.6 is 0 Å². The van der Waals surface area contributed by atoms with Crippen molar-refractivity contribution in [1.82, 2.24) is 15.0 Å². The number of piperidine rings is 1. The summed E-state index contributed by atoms with van der Waals surface area (Å²) in [6.07, 6.45) is 7.69. The highest BCUT2D eigenvalue weighted by molar-refractivity contribution is 5.22. The number of hydrogen-bond donors (Lipinski definition) is 0. The summed E-state index contributed by atoms with van der Waals surface area (Å²) in [6, 6.07) is 0. The molecule has 2 atom stereocenters. The summed E-state index contributed by atoms with van der Waals surface area (Å²) in [6.45, 7) is 6.50. The molecule has 5 rings (SSSR count). The fourth-order valence-electron chi connectivity index (χ4n) is 5.25. The normalized spacial score (nSPS) is 37.2. The number of hydrogen-bond acceptors (Lipinski definition) is 5. The minimum atomic E-state index is 0.276. The Bertz CT molecular complexity index is 574. The van der Waals surface area contributed by atoms with Crippen molar-refractivity contribution in [2.45, 2.75) is 57.0 Å². The Balaban J connectivity index is 1.22. The van der Waals surface area contributed by atoms with Gasteiger partial charge in [-0.25, -0.2) is 0 Å². The maximum atomic E-state index is 6.22. The van der Waals surface area contributed by atoms with Crippen LogP contribution in [0.5, 0.6) is 0 Å². The highest BCUT2D eigenvalue weighted by Gasteiger charge is 2.73. The predicted octanol–water partition coefficient (Wildman–Crippen LogP) is 2.52. The van der Waals surface area contributed by atoms with Crippen molar-refractivity contribution < 1.29 is 9.26 Å². The van der Waals surface area contributed by atoms with Crippen LogP contribution in [0.2, 0.25) is 0 Å². The van der Waals surface area contributed by atoms with E-state index in [4.69, 9.17) is 9.26 Å². The minimum absolute atomic E-state index is 0.276. The molecule has 2 saturated heterocycles. The molecule has 2 aliphatic carbocycles. The van der Waals surface area contributed by atoms with Crippen LogP contribution in [0.4, 0.5) is 0 Å². The average molecular weight is 303 g/mol. The quantitative estimate of drug-likeness (QED) is 0.859. The third kappa shape index (κ3) is 1.78. The van der Waals surface area contributed by atoms with Gasteiger partial charge in [0.1, 0.15) is 0 Å². The highest BCUT2D eigenvalue weighted by Crippen LogP contribution is 2.71. The lowest BCUT2D eigenvalue weighted by Gasteiger charge is -2.47. The molecule has 120 valence electrons. The largest absolute Gasteiger partial charge is 0.374 e. The summed E-state index contributed by atoms with van der Waals surface area (Å²) in [5, 5.41) is 3.93. The standard InChI is InChI=1S/C17H25N3O2/c1-12-18-15(22-19-12)13-3-7-20(8-4-13)11-16-9-14(16)10-21-17(16)5-2-6-17/h13-14H,2-11H2,1H3/t14-,16+/m0/s1. The Morgan fingerprint density at radius 2 is 2.09 bits per heavy atom. The summed E-state index contributed by atoms with van der Waals surface area (Å²) in [5.41, 5.74) is 0.789. The van der Waals surface area contributed by atoms with Gasteiger partial charge in [0.15, 0.2) is 5.82 Å². The maximum Gasteiger partial charge on any atom is 0.229 e. The summed E-state index contributed by atoms with van der Waals surface area (Å²) in [7, 11) is 0. The molecule has 0 amide bonds. The lowest BCUT2D eigenvalue weighted by Crippen LogP contribution is -2.51. The van der Waals surface area contributed by atoms with E-state index in [0.717, 1.165) is 50.2 Å². The van der Waals surface area contributed by atoms with Gasteiger partial charge in [0.05, 0.1) is 12.2 Å². The second kappa shape index (κ2) is 4.54. The zero-order valence-corrected chi connectivity index (χ0v) is 13.4. The molecule has 5 nitrogen and oxygen atoms in total. The van der Waals surface area contributed by atoms with Crippen molar-refractivity contribution >= 4 is 0 Å². The van der Waals surface area contributed by atoms with Gasteiger partial charge >= 0.3 is 0 Å². The first-order valence-electron chi connectivity index (χ1n) is 8.87. The van der Waals surface area contributed by atoms with E-state index >= 15 is 0 Å². The number of aromatic nitrogens is 2. The number of nitrogens with zero attached hydrogens (tertiary/aromatic N) is 3. The Morgan fingerprint density at radius 1 is 1.27 bits per heavy atom. The SMILES string of the molecule is Cc1noc(C2CCN(C[C@]34C[C@H]3COC43CCC3)CC2)n1. The van der Waals surface area contributed by atoms with E-state index in [1.54, 1.807) is 0 Å². The number of fused-ring (bicyclic) bond motifs is 2. The van der Waals surface area contributed by atoms with Gasteiger partial charge in [0.2, 0.25) is 5.89 Å². The molecule has 2 aliphatic heterocycles. The summed E-state index contributed by atoms with van der Waals surface area (Å²) in [4.78, 5) is 7.09. The molecule has 22 heavy (non-hydrogen) atoms. The van der Waals surface area contributed by atoms with E-state index in [9.17, 15) is 0 Å². The molecular weight excluding hydrogens is 278 g/mol. The number of ether oxygens (including phenoxy) is 1. The zero-order valence-electron chi connectivity index (χ0n) is 13.4. The van der Waals surface area contributed by atoms with Gasteiger partial charge < -0.3 is 14.2 Å². The average Bonchev–Trinajstić information content (AvgIpc) is 2.86. The molecule has 3 heterocycles. The molecular formula is C17H25N3O2. The summed E-state index contributed by atoms with van der Waals surface area (Å²) in [5.74, 6) is 2.91. The monoisotopic (exact) mass is 303 g/mol. The van der Waals surface area contributed by atoms with Gasteiger partial charge in [-0.2, -0.15) is 4.98 Å². The molecule has 2 saturated carbocycles. The molecule has 1 aromatic heterocycles. The summed E-state index contributed by atoms with van der Waals surface area (Å²) < 4.78 is 11.6. The first-order chi connectivity index (χ1) is 10.7. The minimum Gasteiger partial charge on any atom is -0.374 e. The van der Waals surface area contributed by atoms with Crippen molar-refractivity contribution in [3.63, 3.8) is 0 Å². The van der Waals surface area contributed by atoms with Crippen molar-refractivity contribution in [3.8, 4) is 0 Å². The molecule has 5 heteroatoms. The van der Waals surface area contributed by atoms with Gasteiger partial charge in [-0.1, -0.05) is 5.16 Å². The number of rotatable bonds is 3. The van der Waals surface area contributed by atoms with Crippen molar-refractivity contribution in [2.24, 2.45) is 11.3 Å². The van der Waals surface area contributed by atoms with Crippen LogP contribution < -0.4 is 0 Å². The molecule has 0 unspecified atom stereocenters.